The van der Waals surface area contributed by atoms with Gasteiger partial charge in [-0.05, 0) is 64.4 Å². The van der Waals surface area contributed by atoms with Crippen molar-refractivity contribution in [1.29, 1.82) is 0 Å². The lowest BCUT2D eigenvalue weighted by molar-refractivity contribution is 0.0512. The van der Waals surface area contributed by atoms with Gasteiger partial charge in [-0.3, -0.25) is 4.79 Å². The highest BCUT2D eigenvalue weighted by molar-refractivity contribution is 7.89. The molecule has 0 bridgehead atoms. The normalized spacial score (nSPS) is 12.6. The predicted octanol–water partition coefficient (Wildman–Crippen LogP) is 3.20. The number of Topliss-reactive ketones (excluding diaryl/α,β-unsaturated/α-hetero) is 1. The van der Waals surface area contributed by atoms with E-state index in [2.05, 4.69) is 0 Å². The number of rotatable bonds is 9. The molecule has 1 atom stereocenters. The van der Waals surface area contributed by atoms with Crippen molar-refractivity contribution in [3.8, 4) is 5.75 Å². The highest BCUT2D eigenvalue weighted by atomic mass is 32.2. The molecule has 0 aliphatic carbocycles. The summed E-state index contributed by atoms with van der Waals surface area (Å²) in [6.07, 6.45) is 0. The second kappa shape index (κ2) is 9.65. The second-order valence-electron chi connectivity index (χ2n) is 7.14. The van der Waals surface area contributed by atoms with Gasteiger partial charge in [0.2, 0.25) is 10.0 Å². The maximum Gasteiger partial charge on any atom is 0.355 e. The van der Waals surface area contributed by atoms with E-state index in [9.17, 15) is 18.0 Å². The topological polar surface area (TPSA) is 94.9 Å². The van der Waals surface area contributed by atoms with Gasteiger partial charge >= 0.3 is 5.97 Å². The third-order valence-electron chi connectivity index (χ3n) is 5.46. The standard InChI is InChI=1S/C22H30N2O6S/c1-8-24-15(4)19(14(3)20(24)22(26)30-9-2)21(25)16(5)23(6)31(27,28)18-12-10-17(29-7)11-13-18/h10-13,16H,8-9H2,1-7H3. The maximum absolute atomic E-state index is 13.4. The van der Waals surface area contributed by atoms with E-state index < -0.39 is 22.0 Å². The number of carbonyl (C=O) groups is 2. The van der Waals surface area contributed by atoms with Crippen LogP contribution in [0.1, 0.15) is 52.9 Å². The Labute approximate surface area is 183 Å². The van der Waals surface area contributed by atoms with Gasteiger partial charge in [0, 0.05) is 24.8 Å². The molecule has 1 heterocycles. The summed E-state index contributed by atoms with van der Waals surface area (Å²) in [5, 5.41) is 0. The Hall–Kier alpha value is -2.65. The van der Waals surface area contributed by atoms with Crippen molar-refractivity contribution >= 4 is 21.8 Å². The molecule has 0 saturated heterocycles. The summed E-state index contributed by atoms with van der Waals surface area (Å²) in [6, 6.07) is 4.99. The molecule has 170 valence electrons. The Kier molecular flexibility index (Phi) is 7.67. The fourth-order valence-electron chi connectivity index (χ4n) is 3.61. The van der Waals surface area contributed by atoms with Gasteiger partial charge in [-0.1, -0.05) is 0 Å². The van der Waals surface area contributed by atoms with E-state index in [0.29, 0.717) is 34.8 Å². The molecule has 0 N–H and O–H groups in total. The molecular formula is C22H30N2O6S. The Morgan fingerprint density at radius 3 is 2.19 bits per heavy atom. The Morgan fingerprint density at radius 2 is 1.71 bits per heavy atom. The van der Waals surface area contributed by atoms with Gasteiger partial charge in [-0.15, -0.1) is 0 Å². The van der Waals surface area contributed by atoms with E-state index in [1.54, 1.807) is 37.5 Å². The Bertz CT molecular complexity index is 1070. The number of sulfonamides is 1. The molecular weight excluding hydrogens is 420 g/mol. The molecule has 2 rings (SSSR count). The smallest absolute Gasteiger partial charge is 0.355 e. The van der Waals surface area contributed by atoms with Gasteiger partial charge in [-0.2, -0.15) is 4.31 Å². The first kappa shape index (κ1) is 24.6. The van der Waals surface area contributed by atoms with Crippen LogP contribution in [0.5, 0.6) is 5.75 Å². The van der Waals surface area contributed by atoms with Gasteiger partial charge in [0.15, 0.2) is 5.78 Å². The molecule has 0 fully saturated rings. The third kappa shape index (κ3) is 4.52. The average Bonchev–Trinajstić information content (AvgIpc) is 3.01. The number of nitrogens with zero attached hydrogens (tertiary/aromatic N) is 2. The van der Waals surface area contributed by atoms with Crippen LogP contribution in [-0.4, -0.2) is 55.8 Å². The van der Waals surface area contributed by atoms with E-state index in [0.717, 1.165) is 4.31 Å². The van der Waals surface area contributed by atoms with E-state index in [-0.39, 0.29) is 17.3 Å². The number of likely N-dealkylation sites (N-methyl/N-ethyl adjacent to an activating group) is 1. The monoisotopic (exact) mass is 450 g/mol. The fraction of sp³-hybridized carbons (Fsp3) is 0.455. The molecule has 1 aromatic heterocycles. The van der Waals surface area contributed by atoms with Crippen molar-refractivity contribution in [3.63, 3.8) is 0 Å². The minimum Gasteiger partial charge on any atom is -0.497 e. The number of hydrogen-bond acceptors (Lipinski definition) is 6. The van der Waals surface area contributed by atoms with Crippen LogP contribution in [0.15, 0.2) is 29.2 Å². The number of ether oxygens (including phenoxy) is 2. The molecule has 8 nitrogen and oxygen atoms in total. The summed E-state index contributed by atoms with van der Waals surface area (Å²) in [5.41, 5.74) is 1.76. The molecule has 1 unspecified atom stereocenters. The zero-order valence-corrected chi connectivity index (χ0v) is 19.9. The van der Waals surface area contributed by atoms with Gasteiger partial charge < -0.3 is 14.0 Å². The lowest BCUT2D eigenvalue weighted by atomic mass is 10.0. The molecule has 0 spiro atoms. The molecule has 0 radical (unpaired) electrons. The summed E-state index contributed by atoms with van der Waals surface area (Å²) < 4.78 is 39.1. The van der Waals surface area contributed by atoms with E-state index in [1.165, 1.54) is 33.2 Å². The molecule has 0 aliphatic rings. The number of hydrogen-bond donors (Lipinski definition) is 0. The molecule has 0 saturated carbocycles. The lowest BCUT2D eigenvalue weighted by Gasteiger charge is -2.24. The largest absolute Gasteiger partial charge is 0.497 e. The SMILES string of the molecule is CCOC(=O)c1c(C)c(C(=O)C(C)N(C)S(=O)(=O)c2ccc(OC)cc2)c(C)n1CC. The van der Waals surface area contributed by atoms with Crippen LogP contribution in [-0.2, 0) is 21.3 Å². The van der Waals surface area contributed by atoms with Crippen LogP contribution in [0.3, 0.4) is 0 Å². The van der Waals surface area contributed by atoms with Gasteiger partial charge in [0.05, 0.1) is 24.7 Å². The first-order valence-corrected chi connectivity index (χ1v) is 11.5. The molecule has 0 aliphatic heterocycles. The number of aromatic nitrogens is 1. The molecule has 31 heavy (non-hydrogen) atoms. The summed E-state index contributed by atoms with van der Waals surface area (Å²) in [4.78, 5) is 25.9. The maximum atomic E-state index is 13.4. The van der Waals surface area contributed by atoms with Crippen molar-refractivity contribution in [2.24, 2.45) is 0 Å². The number of carbonyl (C=O) groups excluding carboxylic acids is 2. The van der Waals surface area contributed by atoms with Crippen LogP contribution in [0.4, 0.5) is 0 Å². The molecule has 1 aromatic carbocycles. The Balaban J connectivity index is 2.45. The molecule has 9 heteroatoms. The summed E-state index contributed by atoms with van der Waals surface area (Å²) >= 11 is 0. The first-order valence-electron chi connectivity index (χ1n) is 10.1. The summed E-state index contributed by atoms with van der Waals surface area (Å²) in [7, 11) is -1.05. The number of benzene rings is 1. The quantitative estimate of drug-likeness (QED) is 0.430. The van der Waals surface area contributed by atoms with Crippen molar-refractivity contribution in [2.45, 2.75) is 52.1 Å². The van der Waals surface area contributed by atoms with Crippen LogP contribution in [0.25, 0.3) is 0 Å². The fourth-order valence-corrected chi connectivity index (χ4v) is 4.94. The van der Waals surface area contributed by atoms with Crippen molar-refractivity contribution in [3.05, 3.63) is 46.8 Å². The lowest BCUT2D eigenvalue weighted by Crippen LogP contribution is -2.40. The highest BCUT2D eigenvalue weighted by Gasteiger charge is 2.34. The van der Waals surface area contributed by atoms with E-state index >= 15 is 0 Å². The van der Waals surface area contributed by atoms with Crippen LogP contribution in [0.2, 0.25) is 0 Å². The highest BCUT2D eigenvalue weighted by Crippen LogP contribution is 2.27. The van der Waals surface area contributed by atoms with Gasteiger partial charge in [-0.25, -0.2) is 13.2 Å². The first-order chi connectivity index (χ1) is 14.5. The van der Waals surface area contributed by atoms with Crippen molar-refractivity contribution < 1.29 is 27.5 Å². The Morgan fingerprint density at radius 1 is 1.13 bits per heavy atom. The second-order valence-corrected chi connectivity index (χ2v) is 9.13. The van der Waals surface area contributed by atoms with Crippen LogP contribution < -0.4 is 4.74 Å². The summed E-state index contributed by atoms with van der Waals surface area (Å²) in [6.45, 7) is 9.24. The summed E-state index contributed by atoms with van der Waals surface area (Å²) in [5.74, 6) is -0.354. The minimum atomic E-state index is -3.92. The van der Waals surface area contributed by atoms with Crippen LogP contribution >= 0.6 is 0 Å². The minimum absolute atomic E-state index is 0.0576. The number of methoxy groups -OCH3 is 1. The van der Waals surface area contributed by atoms with E-state index in [1.807, 2.05) is 6.92 Å². The van der Waals surface area contributed by atoms with Gasteiger partial charge in [0.25, 0.3) is 0 Å². The zero-order chi connectivity index (χ0) is 23.5. The predicted molar refractivity (Wildman–Crippen MR) is 117 cm³/mol. The zero-order valence-electron chi connectivity index (χ0n) is 19.1. The number of esters is 1. The van der Waals surface area contributed by atoms with Crippen molar-refractivity contribution in [1.82, 2.24) is 8.87 Å². The third-order valence-corrected chi connectivity index (χ3v) is 7.40. The molecule has 0 amide bonds. The van der Waals surface area contributed by atoms with Crippen LogP contribution in [0, 0.1) is 13.8 Å². The average molecular weight is 451 g/mol. The van der Waals surface area contributed by atoms with E-state index in [4.69, 9.17) is 9.47 Å². The number of ketones is 1. The van der Waals surface area contributed by atoms with Gasteiger partial charge in [0.1, 0.15) is 11.4 Å². The molecule has 2 aromatic rings. The van der Waals surface area contributed by atoms with Crippen molar-refractivity contribution in [2.75, 3.05) is 20.8 Å².